The number of carbonyl (C=O) groups is 2. The van der Waals surface area contributed by atoms with Gasteiger partial charge in [-0.2, -0.15) is 0 Å². The number of nitrogens with one attached hydrogen (secondary N) is 2. The first-order valence-electron chi connectivity index (χ1n) is 10.3. The van der Waals surface area contributed by atoms with Gasteiger partial charge in [0, 0.05) is 6.04 Å². The first kappa shape index (κ1) is 18.5. The van der Waals surface area contributed by atoms with Gasteiger partial charge in [0.2, 0.25) is 5.91 Å². The van der Waals surface area contributed by atoms with Gasteiger partial charge < -0.3 is 10.6 Å². The summed E-state index contributed by atoms with van der Waals surface area (Å²) in [6.45, 7) is 3.81. The zero-order valence-electron chi connectivity index (χ0n) is 16.1. The van der Waals surface area contributed by atoms with E-state index in [1.54, 1.807) is 12.1 Å². The van der Waals surface area contributed by atoms with Gasteiger partial charge in [-0.15, -0.1) is 0 Å². The molecule has 5 rings (SSSR count). The van der Waals surface area contributed by atoms with E-state index in [1.165, 1.54) is 44.2 Å². The van der Waals surface area contributed by atoms with Crippen molar-refractivity contribution in [1.82, 2.24) is 10.6 Å². The van der Waals surface area contributed by atoms with Gasteiger partial charge in [-0.3, -0.25) is 9.59 Å². The third kappa shape index (κ3) is 3.61. The van der Waals surface area contributed by atoms with E-state index < -0.39 is 17.8 Å². The van der Waals surface area contributed by atoms with Crippen LogP contribution in [-0.4, -0.2) is 23.9 Å². The average molecular weight is 372 g/mol. The molecule has 4 aliphatic rings. The number of halogens is 1. The van der Waals surface area contributed by atoms with Crippen molar-refractivity contribution in [2.45, 2.75) is 58.0 Å². The highest BCUT2D eigenvalue weighted by atomic mass is 19.1. The predicted octanol–water partition coefficient (Wildman–Crippen LogP) is 3.52. The van der Waals surface area contributed by atoms with Gasteiger partial charge in [-0.25, -0.2) is 4.39 Å². The Balaban J connectivity index is 1.44. The maximum atomic E-state index is 13.9. The fourth-order valence-corrected chi connectivity index (χ4v) is 5.81. The Kier molecular flexibility index (Phi) is 4.95. The second-order valence-electron chi connectivity index (χ2n) is 9.14. The molecule has 0 radical (unpaired) electrons. The summed E-state index contributed by atoms with van der Waals surface area (Å²) in [5.41, 5.74) is -0.0226. The van der Waals surface area contributed by atoms with Gasteiger partial charge in [0.05, 0.1) is 5.56 Å². The standard InChI is InChI=1S/C22H29FN2O2/c1-12(2)19(24-21(26)17-5-3-4-6-18(17)23)22(27)25-20-15-8-13-7-14(10-15)11-16(20)9-13/h3-6,12-16,19-20H,7-11H2,1-2H3,(H,24,26)(H,25,27)/t13?,14?,15?,16?,19-,20?/m0/s1. The Morgan fingerprint density at radius 3 is 2.15 bits per heavy atom. The molecule has 4 aliphatic carbocycles. The fourth-order valence-electron chi connectivity index (χ4n) is 5.81. The maximum absolute atomic E-state index is 13.9. The lowest BCUT2D eigenvalue weighted by molar-refractivity contribution is -0.127. The summed E-state index contributed by atoms with van der Waals surface area (Å²) in [6.07, 6.45) is 6.29. The van der Waals surface area contributed by atoms with Gasteiger partial charge in [0.15, 0.2) is 0 Å². The molecule has 2 N–H and O–H groups in total. The van der Waals surface area contributed by atoms with Crippen LogP contribution in [0.4, 0.5) is 4.39 Å². The van der Waals surface area contributed by atoms with E-state index >= 15 is 0 Å². The van der Waals surface area contributed by atoms with Crippen molar-refractivity contribution < 1.29 is 14.0 Å². The SMILES string of the molecule is CC(C)[C@H](NC(=O)c1ccccc1F)C(=O)NC1C2CC3CC(C2)CC1C3. The predicted molar refractivity (Wildman–Crippen MR) is 101 cm³/mol. The van der Waals surface area contributed by atoms with Gasteiger partial charge in [-0.1, -0.05) is 26.0 Å². The van der Waals surface area contributed by atoms with E-state index in [4.69, 9.17) is 0 Å². The van der Waals surface area contributed by atoms with Crippen molar-refractivity contribution in [2.24, 2.45) is 29.6 Å². The lowest BCUT2D eigenvalue weighted by Gasteiger charge is -2.54. The average Bonchev–Trinajstić information content (AvgIpc) is 2.62. The van der Waals surface area contributed by atoms with Crippen molar-refractivity contribution in [2.75, 3.05) is 0 Å². The molecule has 4 fully saturated rings. The molecule has 2 amide bonds. The normalized spacial score (nSPS) is 32.4. The van der Waals surface area contributed by atoms with Crippen molar-refractivity contribution in [3.8, 4) is 0 Å². The summed E-state index contributed by atoms with van der Waals surface area (Å²) in [5.74, 6) is 1.56. The Hall–Kier alpha value is -1.91. The van der Waals surface area contributed by atoms with Crippen LogP contribution in [0.3, 0.4) is 0 Å². The monoisotopic (exact) mass is 372 g/mol. The van der Waals surface area contributed by atoms with E-state index in [1.807, 2.05) is 13.8 Å². The Morgan fingerprint density at radius 1 is 1.00 bits per heavy atom. The molecule has 4 nitrogen and oxygen atoms in total. The summed E-state index contributed by atoms with van der Waals surface area (Å²) in [4.78, 5) is 25.5. The zero-order chi connectivity index (χ0) is 19.1. The third-order valence-corrected chi connectivity index (χ3v) is 6.89. The molecule has 0 aliphatic heterocycles. The molecule has 0 heterocycles. The van der Waals surface area contributed by atoms with Crippen LogP contribution in [0, 0.1) is 35.4 Å². The summed E-state index contributed by atoms with van der Waals surface area (Å²) in [5, 5.41) is 6.02. The molecule has 4 bridgehead atoms. The molecule has 146 valence electrons. The molecule has 1 aromatic rings. The smallest absolute Gasteiger partial charge is 0.254 e. The van der Waals surface area contributed by atoms with Crippen molar-refractivity contribution in [3.05, 3.63) is 35.6 Å². The van der Waals surface area contributed by atoms with Gasteiger partial charge in [0.1, 0.15) is 11.9 Å². The molecule has 0 unspecified atom stereocenters. The van der Waals surface area contributed by atoms with Crippen molar-refractivity contribution in [3.63, 3.8) is 0 Å². The molecular weight excluding hydrogens is 343 g/mol. The quantitative estimate of drug-likeness (QED) is 0.831. The van der Waals surface area contributed by atoms with Crippen LogP contribution in [0.5, 0.6) is 0 Å². The molecule has 0 aromatic heterocycles. The van der Waals surface area contributed by atoms with Crippen LogP contribution >= 0.6 is 0 Å². The number of hydrogen-bond acceptors (Lipinski definition) is 2. The number of hydrogen-bond donors (Lipinski definition) is 2. The summed E-state index contributed by atoms with van der Waals surface area (Å²) in [6, 6.07) is 5.44. The van der Waals surface area contributed by atoms with Crippen LogP contribution in [0.1, 0.15) is 56.3 Å². The number of carbonyl (C=O) groups excluding carboxylic acids is 2. The van der Waals surface area contributed by atoms with E-state index in [2.05, 4.69) is 10.6 Å². The van der Waals surface area contributed by atoms with E-state index in [0.717, 1.165) is 11.8 Å². The summed E-state index contributed by atoms with van der Waals surface area (Å²) >= 11 is 0. The summed E-state index contributed by atoms with van der Waals surface area (Å²) in [7, 11) is 0. The van der Waals surface area contributed by atoms with Crippen LogP contribution in [0.15, 0.2) is 24.3 Å². The molecule has 27 heavy (non-hydrogen) atoms. The third-order valence-electron chi connectivity index (χ3n) is 6.89. The zero-order valence-corrected chi connectivity index (χ0v) is 16.1. The van der Waals surface area contributed by atoms with E-state index in [0.29, 0.717) is 11.8 Å². The van der Waals surface area contributed by atoms with Crippen LogP contribution in [0.25, 0.3) is 0 Å². The lowest BCUT2D eigenvalue weighted by Crippen LogP contribution is -2.59. The first-order valence-corrected chi connectivity index (χ1v) is 10.3. The fraction of sp³-hybridized carbons (Fsp3) is 0.636. The van der Waals surface area contributed by atoms with E-state index in [9.17, 15) is 14.0 Å². The molecular formula is C22H29FN2O2. The Labute approximate surface area is 160 Å². The van der Waals surface area contributed by atoms with Gasteiger partial charge in [0.25, 0.3) is 5.91 Å². The minimum absolute atomic E-state index is 0.0226. The number of benzene rings is 1. The largest absolute Gasteiger partial charge is 0.351 e. The highest BCUT2D eigenvalue weighted by molar-refractivity contribution is 5.97. The molecule has 1 aromatic carbocycles. The van der Waals surface area contributed by atoms with Crippen LogP contribution in [0.2, 0.25) is 0 Å². The topological polar surface area (TPSA) is 58.2 Å². The molecule has 1 atom stereocenters. The second kappa shape index (κ2) is 7.25. The molecule has 5 heteroatoms. The lowest BCUT2D eigenvalue weighted by atomic mass is 9.54. The highest BCUT2D eigenvalue weighted by Crippen LogP contribution is 2.53. The number of amides is 2. The number of rotatable bonds is 5. The van der Waals surface area contributed by atoms with E-state index in [-0.39, 0.29) is 23.4 Å². The summed E-state index contributed by atoms with van der Waals surface area (Å²) < 4.78 is 13.9. The maximum Gasteiger partial charge on any atom is 0.254 e. The first-order chi connectivity index (χ1) is 12.9. The van der Waals surface area contributed by atoms with Crippen LogP contribution in [-0.2, 0) is 4.79 Å². The highest BCUT2D eigenvalue weighted by Gasteiger charge is 2.49. The second-order valence-corrected chi connectivity index (χ2v) is 9.14. The molecule has 4 saturated carbocycles. The van der Waals surface area contributed by atoms with Crippen molar-refractivity contribution in [1.29, 1.82) is 0 Å². The Morgan fingerprint density at radius 2 is 1.59 bits per heavy atom. The van der Waals surface area contributed by atoms with Crippen molar-refractivity contribution >= 4 is 11.8 Å². The molecule has 0 saturated heterocycles. The minimum atomic E-state index is -0.658. The Bertz CT molecular complexity index is 705. The minimum Gasteiger partial charge on any atom is -0.351 e. The molecule has 0 spiro atoms. The van der Waals surface area contributed by atoms with Crippen LogP contribution < -0.4 is 10.6 Å². The van der Waals surface area contributed by atoms with Gasteiger partial charge >= 0.3 is 0 Å². The van der Waals surface area contributed by atoms with Gasteiger partial charge in [-0.05, 0) is 73.8 Å².